The van der Waals surface area contributed by atoms with Crippen molar-refractivity contribution in [3.05, 3.63) is 21.3 Å². The highest BCUT2D eigenvalue weighted by molar-refractivity contribution is 7.18. The summed E-state index contributed by atoms with van der Waals surface area (Å²) in [5.74, 6) is 5.86. The second kappa shape index (κ2) is 3.71. The molecule has 1 heterocycles. The quantitative estimate of drug-likeness (QED) is 0.302. The Balaban J connectivity index is 2.91. The van der Waals surface area contributed by atoms with E-state index >= 15 is 0 Å². The van der Waals surface area contributed by atoms with Gasteiger partial charge in [-0.2, -0.15) is 0 Å². The summed E-state index contributed by atoms with van der Waals surface area (Å²) >= 11 is 7.15. The highest BCUT2D eigenvalue weighted by Gasteiger charge is 2.02. The summed E-state index contributed by atoms with van der Waals surface area (Å²) in [6.45, 7) is 0. The van der Waals surface area contributed by atoms with E-state index in [1.807, 2.05) is 12.1 Å². The van der Waals surface area contributed by atoms with E-state index < -0.39 is 0 Å². The number of nitrogens with zero attached hydrogens (tertiary/aromatic N) is 1. The molecule has 60 valence electrons. The smallest absolute Gasteiger partial charge is 0.152 e. The van der Waals surface area contributed by atoms with Gasteiger partial charge in [0.05, 0.1) is 9.21 Å². The van der Waals surface area contributed by atoms with Crippen molar-refractivity contribution in [1.29, 1.82) is 0 Å². The molecule has 0 aliphatic rings. The maximum Gasteiger partial charge on any atom is 0.152 e. The summed E-state index contributed by atoms with van der Waals surface area (Å²) in [4.78, 5) is 4.87. The maximum atomic E-state index is 5.71. The van der Waals surface area contributed by atoms with Gasteiger partial charge < -0.3 is 5.43 Å². The first-order valence-corrected chi connectivity index (χ1v) is 4.16. The third-order valence-corrected chi connectivity index (χ3v) is 2.40. The molecule has 0 fully saturated rings. The van der Waals surface area contributed by atoms with Gasteiger partial charge in [-0.25, -0.2) is 5.84 Å². The largest absolute Gasteiger partial charge is 0.308 e. The first-order chi connectivity index (χ1) is 5.27. The van der Waals surface area contributed by atoms with Crippen molar-refractivity contribution in [2.24, 2.45) is 10.8 Å². The minimum atomic E-state index is 0.655. The summed E-state index contributed by atoms with van der Waals surface area (Å²) in [6, 6.07) is 3.68. The van der Waals surface area contributed by atoms with E-state index in [9.17, 15) is 0 Å². The van der Waals surface area contributed by atoms with Crippen molar-refractivity contribution < 1.29 is 0 Å². The molecular formula is C6H8ClN3S. The molecule has 0 aliphatic carbocycles. The first-order valence-electron chi connectivity index (χ1n) is 2.97. The molecular weight excluding hydrogens is 182 g/mol. The molecule has 0 saturated carbocycles. The normalized spacial score (nSPS) is 11.7. The number of amidine groups is 1. The monoisotopic (exact) mass is 189 g/mol. The van der Waals surface area contributed by atoms with E-state index in [-0.39, 0.29) is 0 Å². The van der Waals surface area contributed by atoms with Gasteiger partial charge in [0, 0.05) is 7.05 Å². The zero-order valence-electron chi connectivity index (χ0n) is 5.97. The van der Waals surface area contributed by atoms with E-state index in [0.717, 1.165) is 9.21 Å². The van der Waals surface area contributed by atoms with E-state index in [1.165, 1.54) is 11.3 Å². The van der Waals surface area contributed by atoms with Crippen LogP contribution in [0, 0.1) is 0 Å². The average molecular weight is 190 g/mol. The van der Waals surface area contributed by atoms with Crippen molar-refractivity contribution >= 4 is 28.8 Å². The Labute approximate surface area is 73.9 Å². The molecule has 3 N–H and O–H groups in total. The second-order valence-corrected chi connectivity index (χ2v) is 3.54. The summed E-state index contributed by atoms with van der Waals surface area (Å²) < 4.78 is 0.733. The number of aliphatic imine (C=N–C) groups is 1. The fourth-order valence-electron chi connectivity index (χ4n) is 0.687. The van der Waals surface area contributed by atoms with E-state index in [1.54, 1.807) is 7.05 Å². The van der Waals surface area contributed by atoms with Crippen molar-refractivity contribution in [2.45, 2.75) is 0 Å². The van der Waals surface area contributed by atoms with Gasteiger partial charge in [0.1, 0.15) is 0 Å². The first kappa shape index (κ1) is 8.52. The molecule has 3 nitrogen and oxygen atoms in total. The summed E-state index contributed by atoms with van der Waals surface area (Å²) in [5, 5.41) is 0. The van der Waals surface area contributed by atoms with Gasteiger partial charge in [0.25, 0.3) is 0 Å². The maximum absolute atomic E-state index is 5.71. The summed E-state index contributed by atoms with van der Waals surface area (Å²) in [5.41, 5.74) is 2.48. The van der Waals surface area contributed by atoms with Crippen molar-refractivity contribution in [1.82, 2.24) is 5.43 Å². The van der Waals surface area contributed by atoms with Crippen molar-refractivity contribution in [2.75, 3.05) is 7.05 Å². The average Bonchev–Trinajstić information content (AvgIpc) is 2.39. The lowest BCUT2D eigenvalue weighted by Crippen LogP contribution is -2.30. The van der Waals surface area contributed by atoms with Crippen LogP contribution in [0.3, 0.4) is 0 Å². The number of nitrogens with one attached hydrogen (secondary N) is 1. The zero-order chi connectivity index (χ0) is 8.27. The third-order valence-electron chi connectivity index (χ3n) is 1.17. The number of rotatable bonds is 1. The van der Waals surface area contributed by atoms with E-state index in [2.05, 4.69) is 10.4 Å². The molecule has 0 unspecified atom stereocenters. The molecule has 11 heavy (non-hydrogen) atoms. The van der Waals surface area contributed by atoms with Crippen molar-refractivity contribution in [3.63, 3.8) is 0 Å². The molecule has 0 saturated heterocycles. The predicted molar refractivity (Wildman–Crippen MR) is 49.1 cm³/mol. The standard InChI is InChI=1S/C6H8ClN3S/c1-9-6(10-8)4-2-3-5(7)11-4/h2-3H,8H2,1H3,(H,9,10). The van der Waals surface area contributed by atoms with Gasteiger partial charge in [-0.05, 0) is 12.1 Å². The van der Waals surface area contributed by atoms with Crippen LogP contribution in [0.4, 0.5) is 0 Å². The van der Waals surface area contributed by atoms with Crippen LogP contribution < -0.4 is 11.3 Å². The van der Waals surface area contributed by atoms with Crippen LogP contribution in [0.25, 0.3) is 0 Å². The van der Waals surface area contributed by atoms with Gasteiger partial charge in [0.2, 0.25) is 0 Å². The summed E-state index contributed by atoms with van der Waals surface area (Å²) in [7, 11) is 1.67. The Morgan fingerprint density at radius 1 is 1.73 bits per heavy atom. The number of thiophene rings is 1. The lowest BCUT2D eigenvalue weighted by Gasteiger charge is -1.98. The molecule has 0 radical (unpaired) electrons. The van der Waals surface area contributed by atoms with Gasteiger partial charge in [0.15, 0.2) is 5.84 Å². The molecule has 0 aliphatic heterocycles. The van der Waals surface area contributed by atoms with Crippen LogP contribution in [0.5, 0.6) is 0 Å². The van der Waals surface area contributed by atoms with E-state index in [0.29, 0.717) is 5.84 Å². The lowest BCUT2D eigenvalue weighted by atomic mass is 10.4. The highest BCUT2D eigenvalue weighted by atomic mass is 35.5. The van der Waals surface area contributed by atoms with Gasteiger partial charge >= 0.3 is 0 Å². The summed E-state index contributed by atoms with van der Waals surface area (Å²) in [6.07, 6.45) is 0. The van der Waals surface area contributed by atoms with Crippen molar-refractivity contribution in [3.8, 4) is 0 Å². The third kappa shape index (κ3) is 1.92. The minimum absolute atomic E-state index is 0.655. The zero-order valence-corrected chi connectivity index (χ0v) is 7.54. The Bertz CT molecular complexity index is 269. The fourth-order valence-corrected chi connectivity index (χ4v) is 1.73. The van der Waals surface area contributed by atoms with Crippen LogP contribution >= 0.6 is 22.9 Å². The van der Waals surface area contributed by atoms with Crippen LogP contribution in [0.15, 0.2) is 17.1 Å². The van der Waals surface area contributed by atoms with Gasteiger partial charge in [-0.3, -0.25) is 4.99 Å². The topological polar surface area (TPSA) is 50.4 Å². The van der Waals surface area contributed by atoms with Gasteiger partial charge in [-0.15, -0.1) is 11.3 Å². The molecule has 0 atom stereocenters. The van der Waals surface area contributed by atoms with Crippen LogP contribution in [0.2, 0.25) is 4.34 Å². The molecule has 1 rings (SSSR count). The Kier molecular flexibility index (Phi) is 2.87. The SMILES string of the molecule is CN=C(NN)c1ccc(Cl)s1. The molecule has 0 spiro atoms. The highest BCUT2D eigenvalue weighted by Crippen LogP contribution is 2.21. The molecule has 1 aromatic heterocycles. The molecule has 0 aromatic carbocycles. The minimum Gasteiger partial charge on any atom is -0.308 e. The predicted octanol–water partition coefficient (Wildman–Crippen LogP) is 1.24. The lowest BCUT2D eigenvalue weighted by molar-refractivity contribution is 1.02. The molecule has 5 heteroatoms. The fraction of sp³-hybridized carbons (Fsp3) is 0.167. The molecule has 0 bridgehead atoms. The number of hydrogen-bond donors (Lipinski definition) is 2. The Morgan fingerprint density at radius 3 is 2.82 bits per heavy atom. The Hall–Kier alpha value is -0.580. The van der Waals surface area contributed by atoms with Crippen LogP contribution in [0.1, 0.15) is 4.88 Å². The molecule has 1 aromatic rings. The molecule has 0 amide bonds. The van der Waals surface area contributed by atoms with Crippen LogP contribution in [-0.2, 0) is 0 Å². The number of halogens is 1. The van der Waals surface area contributed by atoms with Crippen LogP contribution in [-0.4, -0.2) is 12.9 Å². The van der Waals surface area contributed by atoms with E-state index in [4.69, 9.17) is 17.4 Å². The number of hydrazine groups is 1. The number of hydrogen-bond acceptors (Lipinski definition) is 3. The van der Waals surface area contributed by atoms with Gasteiger partial charge in [-0.1, -0.05) is 11.6 Å². The number of nitrogens with two attached hydrogens (primary N) is 1. The second-order valence-electron chi connectivity index (χ2n) is 1.82. The Morgan fingerprint density at radius 2 is 2.45 bits per heavy atom.